The zero-order valence-corrected chi connectivity index (χ0v) is 18.3. The largest absolute Gasteiger partial charge is 0.598 e. The van der Waals surface area contributed by atoms with Crippen molar-refractivity contribution in [3.8, 4) is 0 Å². The van der Waals surface area contributed by atoms with Gasteiger partial charge in [-0.2, -0.15) is 0 Å². The van der Waals surface area contributed by atoms with Crippen LogP contribution >= 0.6 is 0 Å². The van der Waals surface area contributed by atoms with Gasteiger partial charge < -0.3 is 14.6 Å². The number of carbonyl (C=O) groups is 1. The zero-order valence-electron chi connectivity index (χ0n) is 17.5. The van der Waals surface area contributed by atoms with Gasteiger partial charge in [0.2, 0.25) is 0 Å². The summed E-state index contributed by atoms with van der Waals surface area (Å²) >= 11 is -1.33. The second kappa shape index (κ2) is 8.59. The second-order valence-electron chi connectivity index (χ2n) is 9.17. The summed E-state index contributed by atoms with van der Waals surface area (Å²) in [4.78, 5) is 12.7. The van der Waals surface area contributed by atoms with E-state index in [0.717, 1.165) is 6.07 Å². The molecule has 0 radical (unpaired) electrons. The first-order chi connectivity index (χ1) is 13.9. The molecule has 1 unspecified atom stereocenters. The summed E-state index contributed by atoms with van der Waals surface area (Å²) in [5.41, 5.74) is -0.485. The van der Waals surface area contributed by atoms with E-state index in [0.29, 0.717) is 12.8 Å². The second-order valence-corrected chi connectivity index (χ2v) is 11.2. The average molecular weight is 447 g/mol. The van der Waals surface area contributed by atoms with Crippen LogP contribution in [0.15, 0.2) is 18.2 Å². The molecule has 0 aromatic heterocycles. The van der Waals surface area contributed by atoms with Gasteiger partial charge in [0, 0.05) is 35.9 Å². The van der Waals surface area contributed by atoms with Crippen molar-refractivity contribution in [3.05, 3.63) is 35.1 Å². The van der Waals surface area contributed by atoms with Crippen molar-refractivity contribution in [2.45, 2.75) is 75.6 Å². The number of hydrogen-bond acceptors (Lipinski definition) is 3. The number of fused-ring (bicyclic) bond motifs is 2. The molecule has 2 N–H and O–H groups in total. The molecule has 1 amide bonds. The summed E-state index contributed by atoms with van der Waals surface area (Å²) in [6.45, 7) is 5.62. The van der Waals surface area contributed by atoms with Crippen molar-refractivity contribution in [3.63, 3.8) is 0 Å². The molecule has 3 atom stereocenters. The Hall–Kier alpha value is -1.45. The van der Waals surface area contributed by atoms with E-state index in [2.05, 4.69) is 4.72 Å². The molecule has 2 fully saturated rings. The highest BCUT2D eigenvalue weighted by molar-refractivity contribution is 7.90. The third-order valence-corrected chi connectivity index (χ3v) is 7.67. The predicted molar refractivity (Wildman–Crippen MR) is 109 cm³/mol. The molecule has 1 aromatic rings. The van der Waals surface area contributed by atoms with Crippen LogP contribution in [0.3, 0.4) is 0 Å². The fraction of sp³-hybridized carbons (Fsp3) is 0.667. The first-order valence-corrected chi connectivity index (χ1v) is 11.4. The molecule has 0 saturated carbocycles. The minimum absolute atomic E-state index is 0.0333. The first kappa shape index (κ1) is 23.2. The Morgan fingerprint density at radius 3 is 2.40 bits per heavy atom. The van der Waals surface area contributed by atoms with Gasteiger partial charge in [0.1, 0.15) is 10.6 Å². The van der Waals surface area contributed by atoms with Crippen LogP contribution < -0.4 is 4.72 Å². The van der Waals surface area contributed by atoms with E-state index in [-0.39, 0.29) is 31.4 Å². The summed E-state index contributed by atoms with van der Waals surface area (Å²) in [7, 11) is 0. The molecular formula is C21H29F3N2O3S. The molecular weight excluding hydrogens is 417 g/mol. The third-order valence-electron chi connectivity index (χ3n) is 6.09. The standard InChI is InChI=1S/C21H29F3N2O3S/c1-20(2,3)30(29)25-10-9-13-5-4-6-17(18(13)22)21(23,24)14-11-15-7-8-16(12-14)26(15)19(27)28/h4-6,14-16,25H,7-12H2,1-3H3,(H,27,28)/t15-,16-,30?/m1/s1. The Morgan fingerprint density at radius 1 is 1.27 bits per heavy atom. The van der Waals surface area contributed by atoms with Gasteiger partial charge in [-0.05, 0) is 58.4 Å². The molecule has 1 aromatic carbocycles. The number of nitrogens with one attached hydrogen (secondary N) is 1. The third kappa shape index (κ3) is 4.57. The summed E-state index contributed by atoms with van der Waals surface area (Å²) in [5, 5.41) is 9.33. The lowest BCUT2D eigenvalue weighted by Crippen LogP contribution is -2.49. The van der Waals surface area contributed by atoms with Gasteiger partial charge >= 0.3 is 6.09 Å². The van der Waals surface area contributed by atoms with Gasteiger partial charge in [0.15, 0.2) is 0 Å². The summed E-state index contributed by atoms with van der Waals surface area (Å²) in [5.74, 6) is -5.41. The molecule has 0 spiro atoms. The number of rotatable bonds is 6. The van der Waals surface area contributed by atoms with Crippen LogP contribution in [0, 0.1) is 11.7 Å². The van der Waals surface area contributed by atoms with Crippen molar-refractivity contribution in [2.24, 2.45) is 5.92 Å². The lowest BCUT2D eigenvalue weighted by atomic mass is 9.82. The van der Waals surface area contributed by atoms with Crippen LogP contribution in [-0.4, -0.2) is 44.0 Å². The molecule has 0 aliphatic carbocycles. The first-order valence-electron chi connectivity index (χ1n) is 10.2. The van der Waals surface area contributed by atoms with Crippen LogP contribution in [0.25, 0.3) is 0 Å². The monoisotopic (exact) mass is 446 g/mol. The molecule has 168 valence electrons. The van der Waals surface area contributed by atoms with E-state index >= 15 is 13.2 Å². The molecule has 2 heterocycles. The molecule has 30 heavy (non-hydrogen) atoms. The van der Waals surface area contributed by atoms with E-state index in [1.807, 2.05) is 0 Å². The van der Waals surface area contributed by atoms with E-state index in [1.54, 1.807) is 20.8 Å². The van der Waals surface area contributed by atoms with Gasteiger partial charge in [0.25, 0.3) is 5.92 Å². The summed E-state index contributed by atoms with van der Waals surface area (Å²) < 4.78 is 60.0. The van der Waals surface area contributed by atoms with Crippen LogP contribution in [0.5, 0.6) is 0 Å². The highest BCUT2D eigenvalue weighted by atomic mass is 32.2. The van der Waals surface area contributed by atoms with E-state index < -0.39 is 57.5 Å². The van der Waals surface area contributed by atoms with Gasteiger partial charge in [0.05, 0.1) is 5.56 Å². The number of hydrogen-bond donors (Lipinski definition) is 2. The van der Waals surface area contributed by atoms with Crippen LogP contribution in [-0.2, 0) is 23.7 Å². The fourth-order valence-corrected chi connectivity index (χ4v) is 5.25. The lowest BCUT2D eigenvalue weighted by Gasteiger charge is -2.40. The predicted octanol–water partition coefficient (Wildman–Crippen LogP) is 4.43. The normalized spacial score (nSPS) is 25.4. The van der Waals surface area contributed by atoms with E-state index in [9.17, 15) is 14.5 Å². The summed E-state index contributed by atoms with van der Waals surface area (Å²) in [6, 6.07) is 3.14. The molecule has 2 saturated heterocycles. The van der Waals surface area contributed by atoms with Crippen molar-refractivity contribution < 1.29 is 27.6 Å². The maximum absolute atomic E-state index is 15.3. The SMILES string of the molecule is CC(C)(C)[S+]([O-])NCCc1cccc(C(F)(F)C2C[C@H]3CC[C@H](C2)N3C(=O)O)c1F. The number of alkyl halides is 2. The fourth-order valence-electron chi connectivity index (χ4n) is 4.53. The number of benzene rings is 1. The molecule has 2 bridgehead atoms. The highest BCUT2D eigenvalue weighted by Gasteiger charge is 2.52. The van der Waals surface area contributed by atoms with Crippen LogP contribution in [0.2, 0.25) is 0 Å². The minimum atomic E-state index is -3.38. The Morgan fingerprint density at radius 2 is 1.87 bits per heavy atom. The molecule has 9 heteroatoms. The van der Waals surface area contributed by atoms with E-state index in [4.69, 9.17) is 0 Å². The Balaban J connectivity index is 1.72. The van der Waals surface area contributed by atoms with Crippen molar-refractivity contribution in [1.29, 1.82) is 0 Å². The molecule has 5 nitrogen and oxygen atoms in total. The number of nitrogens with zero attached hydrogens (tertiary/aromatic N) is 1. The smallest absolute Gasteiger partial charge is 0.407 e. The molecule has 3 rings (SSSR count). The molecule has 2 aliphatic heterocycles. The van der Waals surface area contributed by atoms with Gasteiger partial charge in [-0.3, -0.25) is 0 Å². The minimum Gasteiger partial charge on any atom is -0.598 e. The maximum Gasteiger partial charge on any atom is 0.407 e. The van der Waals surface area contributed by atoms with Crippen LogP contribution in [0.1, 0.15) is 57.6 Å². The Labute approximate surface area is 178 Å². The number of carboxylic acid groups (broad SMARTS) is 1. The van der Waals surface area contributed by atoms with Crippen molar-refractivity contribution in [1.82, 2.24) is 9.62 Å². The maximum atomic E-state index is 15.3. The Kier molecular flexibility index (Phi) is 6.65. The quantitative estimate of drug-likeness (QED) is 0.634. The van der Waals surface area contributed by atoms with Crippen LogP contribution in [0.4, 0.5) is 18.0 Å². The zero-order chi connectivity index (χ0) is 22.3. The van der Waals surface area contributed by atoms with E-state index in [1.165, 1.54) is 17.0 Å². The van der Waals surface area contributed by atoms with Crippen molar-refractivity contribution in [2.75, 3.05) is 6.54 Å². The lowest BCUT2D eigenvalue weighted by molar-refractivity contribution is -0.0968. The summed E-state index contributed by atoms with van der Waals surface area (Å²) in [6.07, 6.45) is 0.278. The number of halogens is 3. The Bertz CT molecular complexity index is 773. The number of piperidine rings is 1. The van der Waals surface area contributed by atoms with Gasteiger partial charge in [-0.25, -0.2) is 18.0 Å². The van der Waals surface area contributed by atoms with Gasteiger partial charge in [-0.15, -0.1) is 4.72 Å². The van der Waals surface area contributed by atoms with Gasteiger partial charge in [-0.1, -0.05) is 18.2 Å². The topological polar surface area (TPSA) is 75.6 Å². The highest BCUT2D eigenvalue weighted by Crippen LogP contribution is 2.49. The molecule has 2 aliphatic rings. The average Bonchev–Trinajstić information content (AvgIpc) is 2.92. The van der Waals surface area contributed by atoms with Crippen molar-refractivity contribution >= 4 is 17.5 Å². The number of amides is 1.